The first-order valence-electron chi connectivity index (χ1n) is 6.06. The van der Waals surface area contributed by atoms with E-state index in [1.54, 1.807) is 13.8 Å². The summed E-state index contributed by atoms with van der Waals surface area (Å²) < 4.78 is 22.5. The highest BCUT2D eigenvalue weighted by molar-refractivity contribution is 7.92. The average Bonchev–Trinajstić information content (AvgIpc) is 2.34. The standard InChI is InChI=1S/C13H16ClN3O2S/c1-13(2,20(3,18)19)8-15-11-9-6-4-5-7-10(9)16-12(14)17-11/h4-7H,8H2,1-3H3,(H,15,16,17). The second-order valence-electron chi connectivity index (χ2n) is 5.24. The van der Waals surface area contributed by atoms with Gasteiger partial charge >= 0.3 is 0 Å². The molecule has 20 heavy (non-hydrogen) atoms. The lowest BCUT2D eigenvalue weighted by Crippen LogP contribution is -2.38. The van der Waals surface area contributed by atoms with Crippen LogP contribution in [-0.4, -0.2) is 35.9 Å². The lowest BCUT2D eigenvalue weighted by Gasteiger charge is -2.23. The molecule has 5 nitrogen and oxygen atoms in total. The number of hydrogen-bond donors (Lipinski definition) is 1. The van der Waals surface area contributed by atoms with Crippen molar-refractivity contribution in [1.82, 2.24) is 9.97 Å². The third kappa shape index (κ3) is 3.02. The zero-order valence-corrected chi connectivity index (χ0v) is 13.1. The summed E-state index contributed by atoms with van der Waals surface area (Å²) in [7, 11) is -3.17. The monoisotopic (exact) mass is 313 g/mol. The summed E-state index contributed by atoms with van der Waals surface area (Å²) in [4.78, 5) is 8.26. The highest BCUT2D eigenvalue weighted by Gasteiger charge is 2.30. The Morgan fingerprint density at radius 1 is 1.25 bits per heavy atom. The molecule has 0 saturated heterocycles. The third-order valence-corrected chi connectivity index (χ3v) is 5.58. The van der Waals surface area contributed by atoms with Crippen LogP contribution >= 0.6 is 11.6 Å². The molecule has 108 valence electrons. The fourth-order valence-electron chi connectivity index (χ4n) is 1.61. The molecule has 7 heteroatoms. The van der Waals surface area contributed by atoms with Gasteiger partial charge in [0, 0.05) is 18.2 Å². The van der Waals surface area contributed by atoms with Crippen LogP contribution in [0.25, 0.3) is 10.9 Å². The minimum atomic E-state index is -3.17. The third-order valence-electron chi connectivity index (χ3n) is 3.26. The lowest BCUT2D eigenvalue weighted by atomic mass is 10.2. The van der Waals surface area contributed by atoms with E-state index in [0.717, 1.165) is 5.39 Å². The van der Waals surface area contributed by atoms with Crippen molar-refractivity contribution in [3.8, 4) is 0 Å². The number of nitrogens with one attached hydrogen (secondary N) is 1. The fraction of sp³-hybridized carbons (Fsp3) is 0.385. The van der Waals surface area contributed by atoms with Gasteiger partial charge in [0.1, 0.15) is 5.82 Å². The molecule has 1 heterocycles. The first kappa shape index (κ1) is 15.0. The molecule has 1 aromatic heterocycles. The van der Waals surface area contributed by atoms with Crippen LogP contribution in [0.5, 0.6) is 0 Å². The van der Waals surface area contributed by atoms with Crippen molar-refractivity contribution >= 4 is 38.2 Å². The van der Waals surface area contributed by atoms with Gasteiger partial charge in [0.2, 0.25) is 5.28 Å². The molecule has 2 rings (SSSR count). The number of nitrogens with zero attached hydrogens (tertiary/aromatic N) is 2. The van der Waals surface area contributed by atoms with Gasteiger partial charge in [-0.3, -0.25) is 0 Å². The second-order valence-corrected chi connectivity index (χ2v) is 8.23. The fourth-order valence-corrected chi connectivity index (χ4v) is 2.12. The largest absolute Gasteiger partial charge is 0.368 e. The molecule has 0 aliphatic rings. The molecule has 2 aromatic rings. The van der Waals surface area contributed by atoms with Gasteiger partial charge in [-0.15, -0.1) is 0 Å². The molecule has 0 radical (unpaired) electrons. The highest BCUT2D eigenvalue weighted by Crippen LogP contribution is 2.23. The number of halogens is 1. The zero-order chi connectivity index (χ0) is 15.0. The molecule has 0 amide bonds. The summed E-state index contributed by atoms with van der Waals surface area (Å²) in [5, 5.41) is 4.00. The van der Waals surface area contributed by atoms with Crippen LogP contribution in [0, 0.1) is 0 Å². The Labute approximate surface area is 123 Å². The van der Waals surface area contributed by atoms with E-state index >= 15 is 0 Å². The number of hydrogen-bond acceptors (Lipinski definition) is 5. The van der Waals surface area contributed by atoms with Crippen molar-refractivity contribution in [3.05, 3.63) is 29.5 Å². The average molecular weight is 314 g/mol. The highest BCUT2D eigenvalue weighted by atomic mass is 35.5. The van der Waals surface area contributed by atoms with Crippen molar-refractivity contribution in [3.63, 3.8) is 0 Å². The molecule has 0 aliphatic carbocycles. The van der Waals surface area contributed by atoms with Gasteiger partial charge in [-0.1, -0.05) is 12.1 Å². The molecular weight excluding hydrogens is 298 g/mol. The van der Waals surface area contributed by atoms with E-state index in [0.29, 0.717) is 11.3 Å². The molecule has 0 atom stereocenters. The van der Waals surface area contributed by atoms with Crippen LogP contribution < -0.4 is 5.32 Å². The maximum atomic E-state index is 11.7. The summed E-state index contributed by atoms with van der Waals surface area (Å²) >= 11 is 5.88. The van der Waals surface area contributed by atoms with Gasteiger partial charge < -0.3 is 5.32 Å². The van der Waals surface area contributed by atoms with Gasteiger partial charge in [0.15, 0.2) is 9.84 Å². The number of anilines is 1. The second kappa shape index (κ2) is 5.18. The van der Waals surface area contributed by atoms with Crippen LogP contribution in [0.2, 0.25) is 5.28 Å². The maximum Gasteiger partial charge on any atom is 0.224 e. The van der Waals surface area contributed by atoms with E-state index in [2.05, 4.69) is 15.3 Å². The Kier molecular flexibility index (Phi) is 3.88. The molecule has 1 aromatic carbocycles. The van der Waals surface area contributed by atoms with Crippen LogP contribution in [0.15, 0.2) is 24.3 Å². The van der Waals surface area contributed by atoms with Crippen molar-refractivity contribution in [2.75, 3.05) is 18.1 Å². The summed E-state index contributed by atoms with van der Waals surface area (Å²) in [5.74, 6) is 0.539. The first-order chi connectivity index (χ1) is 9.21. The number of rotatable bonds is 4. The van der Waals surface area contributed by atoms with Gasteiger partial charge in [-0.2, -0.15) is 0 Å². The topological polar surface area (TPSA) is 72.0 Å². The predicted octanol–water partition coefficient (Wildman–Crippen LogP) is 2.52. The van der Waals surface area contributed by atoms with E-state index in [9.17, 15) is 8.42 Å². The van der Waals surface area contributed by atoms with Crippen molar-refractivity contribution in [1.29, 1.82) is 0 Å². The van der Waals surface area contributed by atoms with E-state index in [-0.39, 0.29) is 11.8 Å². The first-order valence-corrected chi connectivity index (χ1v) is 8.33. The van der Waals surface area contributed by atoms with Crippen LogP contribution in [0.1, 0.15) is 13.8 Å². The minimum Gasteiger partial charge on any atom is -0.368 e. The smallest absolute Gasteiger partial charge is 0.224 e. The molecule has 0 saturated carbocycles. The summed E-state index contributed by atoms with van der Waals surface area (Å²) in [6.07, 6.45) is 1.22. The molecule has 1 N–H and O–H groups in total. The number of sulfone groups is 1. The van der Waals surface area contributed by atoms with Crippen molar-refractivity contribution in [2.45, 2.75) is 18.6 Å². The summed E-state index contributed by atoms with van der Waals surface area (Å²) in [6, 6.07) is 7.42. The SMILES string of the molecule is CC(C)(CNc1nc(Cl)nc2ccccc12)S(C)(=O)=O. The summed E-state index contributed by atoms with van der Waals surface area (Å²) in [6.45, 7) is 3.57. The summed E-state index contributed by atoms with van der Waals surface area (Å²) in [5.41, 5.74) is 0.715. The van der Waals surface area contributed by atoms with E-state index in [1.165, 1.54) is 6.26 Å². The number of benzene rings is 1. The molecule has 0 unspecified atom stereocenters. The van der Waals surface area contributed by atoms with Gasteiger partial charge in [0.25, 0.3) is 0 Å². The minimum absolute atomic E-state index is 0.128. The van der Waals surface area contributed by atoms with E-state index in [1.807, 2.05) is 24.3 Å². The van der Waals surface area contributed by atoms with Crippen LogP contribution in [-0.2, 0) is 9.84 Å². The van der Waals surface area contributed by atoms with E-state index < -0.39 is 14.6 Å². The van der Waals surface area contributed by atoms with Crippen molar-refractivity contribution < 1.29 is 8.42 Å². The molecule has 0 spiro atoms. The Bertz CT molecular complexity index is 744. The predicted molar refractivity (Wildman–Crippen MR) is 82.0 cm³/mol. The molecule has 0 aliphatic heterocycles. The normalized spacial score (nSPS) is 12.6. The number of fused-ring (bicyclic) bond motifs is 1. The maximum absolute atomic E-state index is 11.7. The molecular formula is C13H16ClN3O2S. The Morgan fingerprint density at radius 2 is 1.90 bits per heavy atom. The van der Waals surface area contributed by atoms with Gasteiger partial charge in [-0.05, 0) is 37.6 Å². The Hall–Kier alpha value is -1.40. The van der Waals surface area contributed by atoms with Gasteiger partial charge in [0.05, 0.1) is 10.3 Å². The van der Waals surface area contributed by atoms with E-state index in [4.69, 9.17) is 11.6 Å². The van der Waals surface area contributed by atoms with Crippen LogP contribution in [0.4, 0.5) is 5.82 Å². The lowest BCUT2D eigenvalue weighted by molar-refractivity contribution is 0.559. The molecule has 0 fully saturated rings. The molecule has 0 bridgehead atoms. The Morgan fingerprint density at radius 3 is 2.55 bits per heavy atom. The van der Waals surface area contributed by atoms with Crippen LogP contribution in [0.3, 0.4) is 0 Å². The van der Waals surface area contributed by atoms with Crippen molar-refractivity contribution in [2.24, 2.45) is 0 Å². The zero-order valence-electron chi connectivity index (χ0n) is 11.5. The van der Waals surface area contributed by atoms with Gasteiger partial charge in [-0.25, -0.2) is 18.4 Å². The quantitative estimate of drug-likeness (QED) is 0.878. The number of aromatic nitrogens is 2. The number of para-hydroxylation sites is 1. The Balaban J connectivity index is 2.35.